The van der Waals surface area contributed by atoms with Gasteiger partial charge in [0, 0.05) is 23.9 Å². The number of rotatable bonds is 4. The zero-order chi connectivity index (χ0) is 17.1. The van der Waals surface area contributed by atoms with Gasteiger partial charge in [0.05, 0.1) is 10.6 Å². The Balaban J connectivity index is 1.80. The molecule has 9 heteroatoms. The van der Waals surface area contributed by atoms with Crippen molar-refractivity contribution in [2.45, 2.75) is 0 Å². The second-order valence-electron chi connectivity index (χ2n) is 4.75. The average Bonchev–Trinajstić information content (AvgIpc) is 3.03. The fourth-order valence-electron chi connectivity index (χ4n) is 2.14. The number of anilines is 2. The number of imide groups is 1. The lowest BCUT2D eigenvalue weighted by atomic mass is 10.2. The molecule has 0 saturated carbocycles. The van der Waals surface area contributed by atoms with Crippen molar-refractivity contribution in [1.29, 1.82) is 0 Å². The zero-order valence-electron chi connectivity index (χ0n) is 12.2. The number of fused-ring (bicyclic) bond motifs is 1. The van der Waals surface area contributed by atoms with Crippen molar-refractivity contribution in [3.8, 4) is 11.5 Å². The van der Waals surface area contributed by atoms with Crippen molar-refractivity contribution in [3.05, 3.63) is 52.6 Å². The highest BCUT2D eigenvalue weighted by molar-refractivity contribution is 6.12. The first kappa shape index (κ1) is 15.3. The summed E-state index contributed by atoms with van der Waals surface area (Å²) >= 11 is 0. The quantitative estimate of drug-likeness (QED) is 0.524. The third kappa shape index (κ3) is 2.95. The number of carbonyl (C=O) groups excluding carboxylic acids is 2. The van der Waals surface area contributed by atoms with Crippen LogP contribution < -0.4 is 19.7 Å². The molecule has 0 unspecified atom stereocenters. The molecule has 0 aliphatic carbocycles. The van der Waals surface area contributed by atoms with Crippen LogP contribution in [0.2, 0.25) is 0 Å². The first-order valence-electron chi connectivity index (χ1n) is 6.78. The minimum Gasteiger partial charge on any atom is -0.454 e. The number of carbonyl (C=O) groups is 2. The minimum absolute atomic E-state index is 0.0810. The van der Waals surface area contributed by atoms with E-state index in [-0.39, 0.29) is 24.6 Å². The summed E-state index contributed by atoms with van der Waals surface area (Å²) in [5, 5.41) is 13.3. The van der Waals surface area contributed by atoms with Crippen LogP contribution in [0.3, 0.4) is 0 Å². The van der Waals surface area contributed by atoms with Gasteiger partial charge in [0.15, 0.2) is 11.5 Å². The number of benzene rings is 2. The van der Waals surface area contributed by atoms with Gasteiger partial charge in [-0.25, -0.2) is 9.69 Å². The van der Waals surface area contributed by atoms with Crippen molar-refractivity contribution < 1.29 is 24.0 Å². The first-order chi connectivity index (χ1) is 11.6. The lowest BCUT2D eigenvalue weighted by molar-refractivity contribution is -0.384. The highest BCUT2D eigenvalue weighted by Gasteiger charge is 2.19. The van der Waals surface area contributed by atoms with Gasteiger partial charge in [-0.2, -0.15) is 0 Å². The van der Waals surface area contributed by atoms with Crippen LogP contribution in [0.15, 0.2) is 42.5 Å². The van der Waals surface area contributed by atoms with Crippen LogP contribution in [0.4, 0.5) is 21.9 Å². The maximum absolute atomic E-state index is 12.3. The van der Waals surface area contributed by atoms with E-state index in [1.54, 1.807) is 18.2 Å². The number of nitro groups is 1. The molecular weight excluding hydrogens is 318 g/mol. The van der Waals surface area contributed by atoms with E-state index in [1.807, 2.05) is 0 Å². The Kier molecular flexibility index (Phi) is 3.98. The summed E-state index contributed by atoms with van der Waals surface area (Å²) < 4.78 is 10.4. The standard InChI is InChI=1S/C15H11N3O6/c19-8-17(11-2-1-3-12(7-11)18(21)22)15(20)16-10-4-5-13-14(6-10)24-9-23-13/h1-8H,9H2,(H,16,20). The molecule has 0 bridgehead atoms. The lowest BCUT2D eigenvalue weighted by Gasteiger charge is -2.16. The fourth-order valence-corrected chi connectivity index (χ4v) is 2.14. The van der Waals surface area contributed by atoms with Crippen molar-refractivity contribution in [3.63, 3.8) is 0 Å². The molecule has 1 N–H and O–H groups in total. The maximum Gasteiger partial charge on any atom is 0.332 e. The molecule has 1 aliphatic rings. The molecule has 0 saturated heterocycles. The summed E-state index contributed by atoms with van der Waals surface area (Å²) in [7, 11) is 0. The Morgan fingerprint density at radius 1 is 1.21 bits per heavy atom. The summed E-state index contributed by atoms with van der Waals surface area (Å²) in [6.07, 6.45) is 0.279. The predicted molar refractivity (Wildman–Crippen MR) is 83.2 cm³/mol. The molecule has 0 aromatic heterocycles. The molecule has 3 amide bonds. The van der Waals surface area contributed by atoms with Gasteiger partial charge in [-0.3, -0.25) is 14.9 Å². The Bertz CT molecular complexity index is 823. The number of nitro benzene ring substituents is 1. The molecule has 9 nitrogen and oxygen atoms in total. The van der Waals surface area contributed by atoms with E-state index in [1.165, 1.54) is 18.2 Å². The predicted octanol–water partition coefficient (Wildman–Crippen LogP) is 2.52. The number of hydrogen-bond donors (Lipinski definition) is 1. The number of urea groups is 1. The molecule has 122 valence electrons. The van der Waals surface area contributed by atoms with Crippen molar-refractivity contribution in [2.75, 3.05) is 17.0 Å². The first-order valence-corrected chi connectivity index (χ1v) is 6.78. The topological polar surface area (TPSA) is 111 Å². The third-order valence-corrected chi connectivity index (χ3v) is 3.27. The molecule has 1 aliphatic heterocycles. The number of nitrogens with one attached hydrogen (secondary N) is 1. The van der Waals surface area contributed by atoms with E-state index >= 15 is 0 Å². The Morgan fingerprint density at radius 2 is 2.00 bits per heavy atom. The highest BCUT2D eigenvalue weighted by atomic mass is 16.7. The summed E-state index contributed by atoms with van der Waals surface area (Å²) in [6, 6.07) is 9.20. The lowest BCUT2D eigenvalue weighted by Crippen LogP contribution is -2.33. The van der Waals surface area contributed by atoms with E-state index in [0.717, 1.165) is 11.0 Å². The van der Waals surface area contributed by atoms with Gasteiger partial charge in [-0.15, -0.1) is 0 Å². The van der Waals surface area contributed by atoms with Crippen molar-refractivity contribution in [1.82, 2.24) is 0 Å². The van der Waals surface area contributed by atoms with Gasteiger partial charge in [0.1, 0.15) is 0 Å². The molecule has 2 aromatic carbocycles. The monoisotopic (exact) mass is 329 g/mol. The van der Waals surface area contributed by atoms with Crippen LogP contribution in [0.1, 0.15) is 0 Å². The van der Waals surface area contributed by atoms with Crippen LogP contribution >= 0.6 is 0 Å². The van der Waals surface area contributed by atoms with Gasteiger partial charge in [-0.1, -0.05) is 6.07 Å². The number of ether oxygens (including phenoxy) is 2. The Labute approximate surface area is 135 Å². The van der Waals surface area contributed by atoms with Crippen LogP contribution in [0.5, 0.6) is 11.5 Å². The minimum atomic E-state index is -0.760. The molecular formula is C15H11N3O6. The van der Waals surface area contributed by atoms with Gasteiger partial charge in [0.2, 0.25) is 13.2 Å². The smallest absolute Gasteiger partial charge is 0.332 e. The summed E-state index contributed by atoms with van der Waals surface area (Å²) in [6.45, 7) is 0.0981. The molecule has 0 fully saturated rings. The van der Waals surface area contributed by atoms with Gasteiger partial charge in [-0.05, 0) is 18.2 Å². The van der Waals surface area contributed by atoms with Crippen LogP contribution in [-0.2, 0) is 4.79 Å². The second kappa shape index (κ2) is 6.24. The SMILES string of the molecule is O=CN(C(=O)Nc1ccc2c(c1)OCO2)c1cccc([N+](=O)[O-])c1. The van der Waals surface area contributed by atoms with Crippen LogP contribution in [0, 0.1) is 10.1 Å². The number of non-ortho nitro benzene ring substituents is 1. The fraction of sp³-hybridized carbons (Fsp3) is 0.0667. The van der Waals surface area contributed by atoms with Gasteiger partial charge in [0.25, 0.3) is 5.69 Å². The van der Waals surface area contributed by atoms with E-state index in [4.69, 9.17) is 9.47 Å². The van der Waals surface area contributed by atoms with E-state index in [2.05, 4.69) is 5.32 Å². The normalized spacial score (nSPS) is 11.7. The van der Waals surface area contributed by atoms with E-state index < -0.39 is 11.0 Å². The second-order valence-corrected chi connectivity index (χ2v) is 4.75. The molecule has 1 heterocycles. The molecule has 3 rings (SSSR count). The largest absolute Gasteiger partial charge is 0.454 e. The molecule has 24 heavy (non-hydrogen) atoms. The van der Waals surface area contributed by atoms with Gasteiger partial charge >= 0.3 is 6.03 Å². The maximum atomic E-state index is 12.3. The average molecular weight is 329 g/mol. The zero-order valence-corrected chi connectivity index (χ0v) is 12.2. The third-order valence-electron chi connectivity index (χ3n) is 3.27. The molecule has 0 radical (unpaired) electrons. The van der Waals surface area contributed by atoms with Crippen molar-refractivity contribution >= 4 is 29.5 Å². The number of hydrogen-bond acceptors (Lipinski definition) is 6. The Morgan fingerprint density at radius 3 is 2.75 bits per heavy atom. The molecule has 2 aromatic rings. The number of amides is 3. The van der Waals surface area contributed by atoms with E-state index in [0.29, 0.717) is 17.2 Å². The Hall–Kier alpha value is -3.62. The van der Waals surface area contributed by atoms with Crippen molar-refractivity contribution in [2.24, 2.45) is 0 Å². The summed E-state index contributed by atoms with van der Waals surface area (Å²) in [5.74, 6) is 1.03. The van der Waals surface area contributed by atoms with E-state index in [9.17, 15) is 19.7 Å². The summed E-state index contributed by atoms with van der Waals surface area (Å²) in [5.41, 5.74) is 0.245. The van der Waals surface area contributed by atoms with Crippen LogP contribution in [0.25, 0.3) is 0 Å². The van der Waals surface area contributed by atoms with Gasteiger partial charge < -0.3 is 14.8 Å². The highest BCUT2D eigenvalue weighted by Crippen LogP contribution is 2.34. The summed E-state index contributed by atoms with van der Waals surface area (Å²) in [4.78, 5) is 34.5. The number of nitrogens with zero attached hydrogens (tertiary/aromatic N) is 2. The van der Waals surface area contributed by atoms with Crippen LogP contribution in [-0.4, -0.2) is 24.2 Å². The molecule has 0 atom stereocenters. The molecule has 0 spiro atoms.